The van der Waals surface area contributed by atoms with E-state index in [2.05, 4.69) is 26.9 Å². The fraction of sp³-hybridized carbons (Fsp3) is 0.571. The van der Waals surface area contributed by atoms with Crippen LogP contribution in [-0.2, 0) is 4.79 Å². The lowest BCUT2D eigenvalue weighted by Gasteiger charge is -2.36. The van der Waals surface area contributed by atoms with Crippen LogP contribution < -0.4 is 4.90 Å². The number of amides is 1. The largest absolute Gasteiger partial charge is 0.340 e. The molecule has 0 spiro atoms. The van der Waals surface area contributed by atoms with Crippen LogP contribution in [0, 0.1) is 5.92 Å². The molecule has 2 fully saturated rings. The molecule has 0 aliphatic carbocycles. The lowest BCUT2D eigenvalue weighted by Crippen LogP contribution is -2.49. The average molecular weight is 383 g/mol. The fourth-order valence-corrected chi connectivity index (χ4v) is 4.07. The third-order valence-electron chi connectivity index (χ3n) is 5.97. The Kier molecular flexibility index (Phi) is 5.90. The van der Waals surface area contributed by atoms with Crippen LogP contribution in [0.25, 0.3) is 11.5 Å². The molecule has 28 heavy (non-hydrogen) atoms. The van der Waals surface area contributed by atoms with E-state index in [9.17, 15) is 4.79 Å². The third kappa shape index (κ3) is 4.35. The Hall–Kier alpha value is -2.41. The van der Waals surface area contributed by atoms with Crippen molar-refractivity contribution >= 4 is 11.9 Å². The molecule has 0 unspecified atom stereocenters. The summed E-state index contributed by atoms with van der Waals surface area (Å²) < 4.78 is 5.43. The van der Waals surface area contributed by atoms with Crippen LogP contribution in [-0.4, -0.2) is 71.7 Å². The maximum Gasteiger partial charge on any atom is 0.266 e. The molecule has 7 nitrogen and oxygen atoms in total. The smallest absolute Gasteiger partial charge is 0.266 e. The minimum atomic E-state index is 0.320. The monoisotopic (exact) mass is 383 g/mol. The van der Waals surface area contributed by atoms with E-state index < -0.39 is 0 Å². The molecule has 0 radical (unpaired) electrons. The maximum atomic E-state index is 12.6. The van der Waals surface area contributed by atoms with Gasteiger partial charge in [-0.1, -0.05) is 25.1 Å². The van der Waals surface area contributed by atoms with E-state index in [1.165, 1.54) is 0 Å². The molecule has 2 aliphatic heterocycles. The highest BCUT2D eigenvalue weighted by molar-refractivity contribution is 5.76. The number of benzene rings is 1. The first-order valence-electron chi connectivity index (χ1n) is 10.4. The molecule has 150 valence electrons. The van der Waals surface area contributed by atoms with Gasteiger partial charge in [-0.3, -0.25) is 4.79 Å². The van der Waals surface area contributed by atoms with Crippen molar-refractivity contribution < 1.29 is 9.32 Å². The number of carbonyl (C=O) groups is 1. The van der Waals surface area contributed by atoms with Gasteiger partial charge in [0.15, 0.2) is 0 Å². The summed E-state index contributed by atoms with van der Waals surface area (Å²) in [6.45, 7) is 8.74. The minimum Gasteiger partial charge on any atom is -0.340 e. The second-order valence-corrected chi connectivity index (χ2v) is 7.72. The summed E-state index contributed by atoms with van der Waals surface area (Å²) in [5.41, 5.74) is 0.935. The lowest BCUT2D eigenvalue weighted by atomic mass is 9.93. The van der Waals surface area contributed by atoms with E-state index in [1.54, 1.807) is 0 Å². The Labute approximate surface area is 166 Å². The van der Waals surface area contributed by atoms with E-state index in [0.717, 1.165) is 64.2 Å². The van der Waals surface area contributed by atoms with Crippen LogP contribution in [0.5, 0.6) is 0 Å². The average Bonchev–Trinajstić information content (AvgIpc) is 3.25. The van der Waals surface area contributed by atoms with Crippen molar-refractivity contribution in [1.29, 1.82) is 0 Å². The molecule has 2 saturated heterocycles. The minimum absolute atomic E-state index is 0.320. The molecule has 1 aromatic heterocycles. The molecule has 1 aromatic carbocycles. The normalized spacial score (nSPS) is 19.2. The Morgan fingerprint density at radius 1 is 1.07 bits per heavy atom. The summed E-state index contributed by atoms with van der Waals surface area (Å²) in [5.74, 6) is 1.98. The van der Waals surface area contributed by atoms with Gasteiger partial charge in [0.2, 0.25) is 5.91 Å². The van der Waals surface area contributed by atoms with Gasteiger partial charge >= 0.3 is 0 Å². The summed E-state index contributed by atoms with van der Waals surface area (Å²) in [4.78, 5) is 23.8. The van der Waals surface area contributed by atoms with E-state index in [1.807, 2.05) is 35.2 Å². The number of hydrogen-bond acceptors (Lipinski definition) is 6. The van der Waals surface area contributed by atoms with Crippen LogP contribution in [0.3, 0.4) is 0 Å². The summed E-state index contributed by atoms with van der Waals surface area (Å²) in [6, 6.07) is 9.83. The van der Waals surface area contributed by atoms with Gasteiger partial charge in [0, 0.05) is 51.3 Å². The number of carbonyl (C=O) groups excluding carboxylic acids is 1. The number of hydrogen-bond donors (Lipinski definition) is 0. The fourth-order valence-electron chi connectivity index (χ4n) is 4.07. The van der Waals surface area contributed by atoms with Gasteiger partial charge in [-0.05, 0) is 42.6 Å². The maximum absolute atomic E-state index is 12.6. The van der Waals surface area contributed by atoms with Crippen molar-refractivity contribution in [3.05, 3.63) is 30.3 Å². The SMILES string of the molecule is CCN1CCN(C(=O)CC2CCN(c3noc(-c4ccccc4)n3)CC2)CC1. The van der Waals surface area contributed by atoms with E-state index >= 15 is 0 Å². The zero-order valence-electron chi connectivity index (χ0n) is 16.6. The van der Waals surface area contributed by atoms with Crippen LogP contribution in [0.4, 0.5) is 5.95 Å². The van der Waals surface area contributed by atoms with E-state index in [4.69, 9.17) is 4.52 Å². The lowest BCUT2D eigenvalue weighted by molar-refractivity contribution is -0.134. The van der Waals surface area contributed by atoms with Crippen molar-refractivity contribution in [2.75, 3.05) is 50.7 Å². The molecule has 4 rings (SSSR count). The molecular weight excluding hydrogens is 354 g/mol. The first-order chi connectivity index (χ1) is 13.7. The van der Waals surface area contributed by atoms with Gasteiger partial charge in [0.1, 0.15) is 0 Å². The highest BCUT2D eigenvalue weighted by Gasteiger charge is 2.27. The zero-order valence-corrected chi connectivity index (χ0v) is 16.6. The predicted octanol–water partition coefficient (Wildman–Crippen LogP) is 2.51. The van der Waals surface area contributed by atoms with Crippen molar-refractivity contribution in [3.63, 3.8) is 0 Å². The zero-order chi connectivity index (χ0) is 19.3. The molecule has 2 aromatic rings. The van der Waals surface area contributed by atoms with Crippen LogP contribution >= 0.6 is 0 Å². The molecule has 0 bridgehead atoms. The highest BCUT2D eigenvalue weighted by atomic mass is 16.5. The van der Waals surface area contributed by atoms with Crippen molar-refractivity contribution in [1.82, 2.24) is 19.9 Å². The number of piperazine rings is 1. The van der Waals surface area contributed by atoms with Gasteiger partial charge in [-0.2, -0.15) is 4.98 Å². The first kappa shape index (κ1) is 18.9. The van der Waals surface area contributed by atoms with Crippen LogP contribution in [0.2, 0.25) is 0 Å². The molecule has 7 heteroatoms. The predicted molar refractivity (Wildman–Crippen MR) is 108 cm³/mol. The van der Waals surface area contributed by atoms with Gasteiger partial charge in [0.25, 0.3) is 11.8 Å². The summed E-state index contributed by atoms with van der Waals surface area (Å²) >= 11 is 0. The van der Waals surface area contributed by atoms with E-state index in [0.29, 0.717) is 30.1 Å². The summed E-state index contributed by atoms with van der Waals surface area (Å²) in [6.07, 6.45) is 2.66. The van der Waals surface area contributed by atoms with Gasteiger partial charge in [-0.25, -0.2) is 0 Å². The van der Waals surface area contributed by atoms with Crippen LogP contribution in [0.1, 0.15) is 26.2 Å². The first-order valence-corrected chi connectivity index (χ1v) is 10.4. The summed E-state index contributed by atoms with van der Waals surface area (Å²) in [5, 5.41) is 4.15. The number of likely N-dealkylation sites (N-methyl/N-ethyl adjacent to an activating group) is 1. The highest BCUT2D eigenvalue weighted by Crippen LogP contribution is 2.26. The number of anilines is 1. The number of piperidine rings is 1. The molecule has 0 saturated carbocycles. The Morgan fingerprint density at radius 2 is 1.79 bits per heavy atom. The Balaban J connectivity index is 1.26. The second kappa shape index (κ2) is 8.73. The van der Waals surface area contributed by atoms with E-state index in [-0.39, 0.29) is 0 Å². The molecular formula is C21H29N5O2. The topological polar surface area (TPSA) is 65.7 Å². The number of rotatable bonds is 5. The molecule has 3 heterocycles. The number of nitrogens with zero attached hydrogens (tertiary/aromatic N) is 5. The van der Waals surface area contributed by atoms with Gasteiger partial charge < -0.3 is 19.2 Å². The molecule has 1 amide bonds. The third-order valence-corrected chi connectivity index (χ3v) is 5.97. The molecule has 0 N–H and O–H groups in total. The number of aromatic nitrogens is 2. The van der Waals surface area contributed by atoms with Crippen molar-refractivity contribution in [2.24, 2.45) is 5.92 Å². The van der Waals surface area contributed by atoms with Crippen LogP contribution in [0.15, 0.2) is 34.9 Å². The van der Waals surface area contributed by atoms with Gasteiger partial charge in [0.05, 0.1) is 0 Å². The van der Waals surface area contributed by atoms with Gasteiger partial charge in [-0.15, -0.1) is 0 Å². The Bertz CT molecular complexity index is 762. The second-order valence-electron chi connectivity index (χ2n) is 7.72. The van der Waals surface area contributed by atoms with Crippen molar-refractivity contribution in [3.8, 4) is 11.5 Å². The Morgan fingerprint density at radius 3 is 2.46 bits per heavy atom. The standard InChI is InChI=1S/C21H29N5O2/c1-2-24-12-14-25(15-13-24)19(27)16-17-8-10-26(11-9-17)21-22-20(28-23-21)18-6-4-3-5-7-18/h3-7,17H,2,8-16H2,1H3. The quantitative estimate of drug-likeness (QED) is 0.790. The van der Waals surface area contributed by atoms with Crippen molar-refractivity contribution in [2.45, 2.75) is 26.2 Å². The molecule has 0 atom stereocenters. The molecule has 2 aliphatic rings. The summed E-state index contributed by atoms with van der Waals surface area (Å²) in [7, 11) is 0.